The predicted molar refractivity (Wildman–Crippen MR) is 76.4 cm³/mol. The SMILES string of the molecule is CCOCCCNC(=O)[C@@H]1CC(=O)N(Cc2ccco2)C1. The Morgan fingerprint density at radius 1 is 1.57 bits per heavy atom. The van der Waals surface area contributed by atoms with Gasteiger partial charge in [-0.05, 0) is 25.5 Å². The van der Waals surface area contributed by atoms with E-state index in [0.717, 1.165) is 12.2 Å². The number of nitrogens with zero attached hydrogens (tertiary/aromatic N) is 1. The first kappa shape index (κ1) is 15.6. The molecule has 2 heterocycles. The van der Waals surface area contributed by atoms with Crippen molar-refractivity contribution in [2.24, 2.45) is 5.92 Å². The zero-order valence-corrected chi connectivity index (χ0v) is 12.3. The van der Waals surface area contributed by atoms with Crippen LogP contribution in [0.3, 0.4) is 0 Å². The lowest BCUT2D eigenvalue weighted by Crippen LogP contribution is -2.33. The molecule has 6 nitrogen and oxygen atoms in total. The molecule has 21 heavy (non-hydrogen) atoms. The number of rotatable bonds is 8. The van der Waals surface area contributed by atoms with Crippen molar-refractivity contribution in [3.63, 3.8) is 0 Å². The third-order valence-electron chi connectivity index (χ3n) is 3.48. The molecule has 0 saturated carbocycles. The maximum atomic E-state index is 12.0. The highest BCUT2D eigenvalue weighted by Crippen LogP contribution is 2.20. The Morgan fingerprint density at radius 2 is 2.43 bits per heavy atom. The van der Waals surface area contributed by atoms with Gasteiger partial charge in [-0.2, -0.15) is 0 Å². The molecule has 1 atom stereocenters. The van der Waals surface area contributed by atoms with Gasteiger partial charge in [-0.3, -0.25) is 9.59 Å². The summed E-state index contributed by atoms with van der Waals surface area (Å²) in [5, 5.41) is 2.86. The van der Waals surface area contributed by atoms with E-state index in [-0.39, 0.29) is 24.2 Å². The molecule has 1 saturated heterocycles. The van der Waals surface area contributed by atoms with Crippen molar-refractivity contribution in [3.8, 4) is 0 Å². The van der Waals surface area contributed by atoms with Crippen LogP contribution in [0, 0.1) is 5.92 Å². The smallest absolute Gasteiger partial charge is 0.225 e. The molecular formula is C15H22N2O4. The first-order valence-corrected chi connectivity index (χ1v) is 7.36. The number of ether oxygens (including phenoxy) is 1. The fourth-order valence-corrected chi connectivity index (χ4v) is 2.37. The topological polar surface area (TPSA) is 71.8 Å². The molecule has 0 spiro atoms. The monoisotopic (exact) mass is 294 g/mol. The van der Waals surface area contributed by atoms with Crippen molar-refractivity contribution in [2.45, 2.75) is 26.3 Å². The van der Waals surface area contributed by atoms with Crippen LogP contribution in [0.15, 0.2) is 22.8 Å². The van der Waals surface area contributed by atoms with Crippen LogP contribution >= 0.6 is 0 Å². The second-order valence-electron chi connectivity index (χ2n) is 5.10. The van der Waals surface area contributed by atoms with Gasteiger partial charge in [0.1, 0.15) is 5.76 Å². The van der Waals surface area contributed by atoms with E-state index >= 15 is 0 Å². The predicted octanol–water partition coefficient (Wildman–Crippen LogP) is 1.17. The maximum absolute atomic E-state index is 12.0. The summed E-state index contributed by atoms with van der Waals surface area (Å²) in [6.45, 7) is 4.74. The van der Waals surface area contributed by atoms with Crippen molar-refractivity contribution in [1.29, 1.82) is 0 Å². The first-order valence-electron chi connectivity index (χ1n) is 7.36. The Labute approximate surface area is 124 Å². The molecule has 0 bridgehead atoms. The summed E-state index contributed by atoms with van der Waals surface area (Å²) in [6, 6.07) is 3.62. The molecule has 0 unspecified atom stereocenters. The minimum Gasteiger partial charge on any atom is -0.467 e. The van der Waals surface area contributed by atoms with Gasteiger partial charge in [-0.1, -0.05) is 0 Å². The molecule has 1 fully saturated rings. The van der Waals surface area contributed by atoms with Crippen LogP contribution in [0.25, 0.3) is 0 Å². The molecule has 1 aliphatic heterocycles. The number of carbonyl (C=O) groups is 2. The van der Waals surface area contributed by atoms with Gasteiger partial charge < -0.3 is 19.4 Å². The molecule has 0 radical (unpaired) electrons. The Hall–Kier alpha value is -1.82. The highest BCUT2D eigenvalue weighted by molar-refractivity contribution is 5.89. The normalized spacial score (nSPS) is 18.2. The third kappa shape index (κ3) is 4.60. The largest absolute Gasteiger partial charge is 0.467 e. The molecule has 1 aliphatic rings. The van der Waals surface area contributed by atoms with Crippen LogP contribution in [-0.4, -0.2) is 43.0 Å². The van der Waals surface area contributed by atoms with E-state index in [9.17, 15) is 9.59 Å². The highest BCUT2D eigenvalue weighted by Gasteiger charge is 2.34. The summed E-state index contributed by atoms with van der Waals surface area (Å²) in [6.07, 6.45) is 2.65. The number of carbonyl (C=O) groups excluding carboxylic acids is 2. The standard InChI is InChI=1S/C15H22N2O4/c1-2-20-7-4-6-16-15(19)12-9-14(18)17(10-12)11-13-5-3-8-21-13/h3,5,8,12H,2,4,6-7,9-11H2,1H3,(H,16,19)/t12-/m1/s1. The molecule has 116 valence electrons. The van der Waals surface area contributed by atoms with Gasteiger partial charge in [0.15, 0.2) is 0 Å². The number of furan rings is 1. The van der Waals surface area contributed by atoms with E-state index in [0.29, 0.717) is 32.8 Å². The second-order valence-corrected chi connectivity index (χ2v) is 5.10. The van der Waals surface area contributed by atoms with Crippen LogP contribution in [0.2, 0.25) is 0 Å². The Kier molecular flexibility index (Phi) is 5.80. The van der Waals surface area contributed by atoms with Crippen LogP contribution in [0.5, 0.6) is 0 Å². The van der Waals surface area contributed by atoms with E-state index in [1.807, 2.05) is 13.0 Å². The fourth-order valence-electron chi connectivity index (χ4n) is 2.37. The van der Waals surface area contributed by atoms with Gasteiger partial charge in [-0.15, -0.1) is 0 Å². The van der Waals surface area contributed by atoms with E-state index in [1.54, 1.807) is 17.2 Å². The van der Waals surface area contributed by atoms with Gasteiger partial charge >= 0.3 is 0 Å². The minimum absolute atomic E-state index is 0.000802. The molecular weight excluding hydrogens is 272 g/mol. The van der Waals surface area contributed by atoms with Gasteiger partial charge in [0.05, 0.1) is 18.7 Å². The lowest BCUT2D eigenvalue weighted by Gasteiger charge is -2.15. The zero-order chi connectivity index (χ0) is 15.1. The van der Waals surface area contributed by atoms with E-state index in [4.69, 9.17) is 9.15 Å². The summed E-state index contributed by atoms with van der Waals surface area (Å²) in [5.74, 6) is 0.420. The molecule has 6 heteroatoms. The molecule has 2 amide bonds. The van der Waals surface area contributed by atoms with Crippen molar-refractivity contribution in [1.82, 2.24) is 10.2 Å². The second kappa shape index (κ2) is 7.83. The minimum atomic E-state index is -0.264. The molecule has 1 aromatic heterocycles. The number of nitrogens with one attached hydrogen (secondary N) is 1. The van der Waals surface area contributed by atoms with Crippen molar-refractivity contribution >= 4 is 11.8 Å². The van der Waals surface area contributed by atoms with E-state index < -0.39 is 0 Å². The van der Waals surface area contributed by atoms with Crippen LogP contribution in [0.4, 0.5) is 0 Å². The van der Waals surface area contributed by atoms with Gasteiger partial charge in [0, 0.05) is 32.7 Å². The van der Waals surface area contributed by atoms with Crippen LogP contribution in [-0.2, 0) is 20.9 Å². The lowest BCUT2D eigenvalue weighted by atomic mass is 10.1. The van der Waals surface area contributed by atoms with Crippen molar-refractivity contribution < 1.29 is 18.7 Å². The number of likely N-dealkylation sites (tertiary alicyclic amines) is 1. The Balaban J connectivity index is 1.72. The maximum Gasteiger partial charge on any atom is 0.225 e. The third-order valence-corrected chi connectivity index (χ3v) is 3.48. The van der Waals surface area contributed by atoms with Crippen molar-refractivity contribution in [3.05, 3.63) is 24.2 Å². The first-order chi connectivity index (χ1) is 10.2. The molecule has 1 aromatic rings. The molecule has 0 aliphatic carbocycles. The summed E-state index contributed by atoms with van der Waals surface area (Å²) in [5.41, 5.74) is 0. The van der Waals surface area contributed by atoms with E-state index in [1.165, 1.54) is 0 Å². The zero-order valence-electron chi connectivity index (χ0n) is 12.3. The molecule has 2 rings (SSSR count). The summed E-state index contributed by atoms with van der Waals surface area (Å²) in [4.78, 5) is 25.6. The quantitative estimate of drug-likeness (QED) is 0.731. The Bertz CT molecular complexity index is 458. The number of hydrogen-bond acceptors (Lipinski definition) is 4. The fraction of sp³-hybridized carbons (Fsp3) is 0.600. The van der Waals surface area contributed by atoms with Gasteiger partial charge in [-0.25, -0.2) is 0 Å². The number of hydrogen-bond donors (Lipinski definition) is 1. The van der Waals surface area contributed by atoms with Crippen molar-refractivity contribution in [2.75, 3.05) is 26.3 Å². The summed E-state index contributed by atoms with van der Waals surface area (Å²) >= 11 is 0. The highest BCUT2D eigenvalue weighted by atomic mass is 16.5. The van der Waals surface area contributed by atoms with Crippen LogP contribution in [0.1, 0.15) is 25.5 Å². The van der Waals surface area contributed by atoms with E-state index in [2.05, 4.69) is 5.32 Å². The molecule has 0 aromatic carbocycles. The summed E-state index contributed by atoms with van der Waals surface area (Å²) in [7, 11) is 0. The number of amides is 2. The average Bonchev–Trinajstić information content (AvgIpc) is 3.10. The molecule has 1 N–H and O–H groups in total. The average molecular weight is 294 g/mol. The summed E-state index contributed by atoms with van der Waals surface area (Å²) < 4.78 is 10.4. The van der Waals surface area contributed by atoms with Crippen LogP contribution < -0.4 is 5.32 Å². The lowest BCUT2D eigenvalue weighted by molar-refractivity contribution is -0.129. The van der Waals surface area contributed by atoms with Gasteiger partial charge in [0.2, 0.25) is 11.8 Å². The van der Waals surface area contributed by atoms with Gasteiger partial charge in [0.25, 0.3) is 0 Å². The Morgan fingerprint density at radius 3 is 3.14 bits per heavy atom.